The lowest BCUT2D eigenvalue weighted by Crippen LogP contribution is -2.29. The third kappa shape index (κ3) is 3.87. The standard InChI is InChI=1S/C12H16N4O2S/c1-16(10-12-8-14-15-9-12)19(17,18)7-4-11-2-5-13-6-3-11/h2-3,5-6,8-9H,4,7,10H2,1H3,(H,14,15). The molecule has 102 valence electrons. The average Bonchev–Trinajstić information content (AvgIpc) is 2.90. The van der Waals surface area contributed by atoms with E-state index >= 15 is 0 Å². The maximum Gasteiger partial charge on any atom is 0.214 e. The summed E-state index contributed by atoms with van der Waals surface area (Å²) in [5.74, 6) is 0.0887. The molecule has 2 rings (SSSR count). The van der Waals surface area contributed by atoms with Gasteiger partial charge in [-0.1, -0.05) is 0 Å². The molecule has 0 amide bonds. The van der Waals surface area contributed by atoms with Crippen LogP contribution in [0.25, 0.3) is 0 Å². The summed E-state index contributed by atoms with van der Waals surface area (Å²) in [6.07, 6.45) is 7.12. The molecule has 2 heterocycles. The molecule has 0 saturated carbocycles. The molecule has 6 nitrogen and oxygen atoms in total. The van der Waals surface area contributed by atoms with Crippen LogP contribution in [0.4, 0.5) is 0 Å². The van der Waals surface area contributed by atoms with Gasteiger partial charge in [0.1, 0.15) is 0 Å². The second-order valence-corrected chi connectivity index (χ2v) is 6.48. The van der Waals surface area contributed by atoms with Crippen LogP contribution < -0.4 is 0 Å². The highest BCUT2D eigenvalue weighted by molar-refractivity contribution is 7.89. The number of aromatic nitrogens is 3. The van der Waals surface area contributed by atoms with Gasteiger partial charge >= 0.3 is 0 Å². The van der Waals surface area contributed by atoms with Gasteiger partial charge in [-0.15, -0.1) is 0 Å². The molecule has 7 heteroatoms. The molecule has 0 fully saturated rings. The monoisotopic (exact) mass is 280 g/mol. The smallest absolute Gasteiger partial charge is 0.214 e. The Morgan fingerprint density at radius 1 is 1.26 bits per heavy atom. The first-order valence-electron chi connectivity index (χ1n) is 5.88. The van der Waals surface area contributed by atoms with Gasteiger partial charge in [-0.3, -0.25) is 10.1 Å². The van der Waals surface area contributed by atoms with Gasteiger partial charge in [-0.2, -0.15) is 5.10 Å². The van der Waals surface area contributed by atoms with Crippen molar-refractivity contribution in [1.82, 2.24) is 19.5 Å². The van der Waals surface area contributed by atoms with E-state index in [0.29, 0.717) is 13.0 Å². The van der Waals surface area contributed by atoms with Crippen molar-refractivity contribution in [3.05, 3.63) is 48.0 Å². The van der Waals surface area contributed by atoms with Gasteiger partial charge < -0.3 is 0 Å². The zero-order valence-corrected chi connectivity index (χ0v) is 11.5. The molecule has 0 radical (unpaired) electrons. The zero-order valence-electron chi connectivity index (χ0n) is 10.7. The first-order valence-corrected chi connectivity index (χ1v) is 7.49. The number of H-pyrrole nitrogens is 1. The van der Waals surface area contributed by atoms with E-state index in [-0.39, 0.29) is 5.75 Å². The highest BCUT2D eigenvalue weighted by Crippen LogP contribution is 2.08. The molecule has 1 N–H and O–H groups in total. The van der Waals surface area contributed by atoms with Crippen molar-refractivity contribution in [2.24, 2.45) is 0 Å². The van der Waals surface area contributed by atoms with Crippen molar-refractivity contribution in [2.75, 3.05) is 12.8 Å². The summed E-state index contributed by atoms with van der Waals surface area (Å²) in [4.78, 5) is 3.90. The molecule has 0 unspecified atom stereocenters. The average molecular weight is 280 g/mol. The summed E-state index contributed by atoms with van der Waals surface area (Å²) in [6.45, 7) is 0.329. The molecule has 0 bridgehead atoms. The Kier molecular flexibility index (Phi) is 4.28. The van der Waals surface area contributed by atoms with Crippen molar-refractivity contribution in [2.45, 2.75) is 13.0 Å². The minimum absolute atomic E-state index is 0.0887. The number of nitrogens with one attached hydrogen (secondary N) is 1. The van der Waals surface area contributed by atoms with E-state index in [0.717, 1.165) is 11.1 Å². The highest BCUT2D eigenvalue weighted by atomic mass is 32.2. The Labute approximate surface area is 112 Å². The maximum atomic E-state index is 12.1. The summed E-state index contributed by atoms with van der Waals surface area (Å²) in [5.41, 5.74) is 1.81. The number of hydrogen-bond acceptors (Lipinski definition) is 4. The minimum atomic E-state index is -3.26. The number of sulfonamides is 1. The summed E-state index contributed by atoms with van der Waals surface area (Å²) in [6, 6.07) is 3.65. The number of rotatable bonds is 6. The summed E-state index contributed by atoms with van der Waals surface area (Å²) < 4.78 is 25.6. The largest absolute Gasteiger partial charge is 0.285 e. The molecule has 0 spiro atoms. The molecule has 0 aliphatic heterocycles. The van der Waals surface area contributed by atoms with Crippen LogP contribution >= 0.6 is 0 Å². The zero-order chi connectivity index (χ0) is 13.7. The molecule has 2 aromatic rings. The quantitative estimate of drug-likeness (QED) is 0.849. The van der Waals surface area contributed by atoms with E-state index in [9.17, 15) is 8.42 Å². The minimum Gasteiger partial charge on any atom is -0.285 e. The summed E-state index contributed by atoms with van der Waals surface area (Å²) >= 11 is 0. The first kappa shape index (κ1) is 13.7. The van der Waals surface area contributed by atoms with Gasteiger partial charge in [0.25, 0.3) is 0 Å². The second kappa shape index (κ2) is 5.94. The SMILES string of the molecule is CN(Cc1cn[nH]c1)S(=O)(=O)CCc1ccncc1. The number of pyridine rings is 1. The first-order chi connectivity index (χ1) is 9.08. The Balaban J connectivity index is 1.94. The van der Waals surface area contributed by atoms with Crippen molar-refractivity contribution < 1.29 is 8.42 Å². The normalized spacial score (nSPS) is 11.9. The van der Waals surface area contributed by atoms with Crippen molar-refractivity contribution in [1.29, 1.82) is 0 Å². The van der Waals surface area contributed by atoms with Crippen LogP contribution in [0.2, 0.25) is 0 Å². The van der Waals surface area contributed by atoms with Crippen LogP contribution in [-0.4, -0.2) is 40.7 Å². The van der Waals surface area contributed by atoms with E-state index in [1.165, 1.54) is 4.31 Å². The fourth-order valence-corrected chi connectivity index (χ4v) is 2.82. The van der Waals surface area contributed by atoms with Crippen molar-refractivity contribution >= 4 is 10.0 Å². The molecule has 0 saturated heterocycles. The van der Waals surface area contributed by atoms with Gasteiger partial charge in [0.15, 0.2) is 0 Å². The van der Waals surface area contributed by atoms with Gasteiger partial charge in [0, 0.05) is 37.7 Å². The Hall–Kier alpha value is -1.73. The number of aryl methyl sites for hydroxylation is 1. The van der Waals surface area contributed by atoms with E-state index < -0.39 is 10.0 Å². The molecule has 0 aromatic carbocycles. The van der Waals surface area contributed by atoms with Crippen LogP contribution in [0, 0.1) is 0 Å². The number of aromatic amines is 1. The molecule has 0 aliphatic rings. The van der Waals surface area contributed by atoms with Gasteiger partial charge in [-0.25, -0.2) is 12.7 Å². The Morgan fingerprint density at radius 3 is 2.63 bits per heavy atom. The van der Waals surface area contributed by atoms with Crippen LogP contribution in [0.5, 0.6) is 0 Å². The second-order valence-electron chi connectivity index (χ2n) is 4.28. The van der Waals surface area contributed by atoms with Crippen LogP contribution in [0.1, 0.15) is 11.1 Å². The highest BCUT2D eigenvalue weighted by Gasteiger charge is 2.18. The molecule has 0 aliphatic carbocycles. The van der Waals surface area contributed by atoms with E-state index in [4.69, 9.17) is 0 Å². The maximum absolute atomic E-state index is 12.1. The molecule has 19 heavy (non-hydrogen) atoms. The van der Waals surface area contributed by atoms with Gasteiger partial charge in [0.2, 0.25) is 10.0 Å². The van der Waals surface area contributed by atoms with E-state index in [1.54, 1.807) is 31.8 Å². The Bertz CT molecular complexity index is 596. The number of nitrogens with zero attached hydrogens (tertiary/aromatic N) is 3. The van der Waals surface area contributed by atoms with Crippen LogP contribution in [-0.2, 0) is 23.0 Å². The fraction of sp³-hybridized carbons (Fsp3) is 0.333. The van der Waals surface area contributed by atoms with Gasteiger partial charge in [0.05, 0.1) is 11.9 Å². The lowest BCUT2D eigenvalue weighted by Gasteiger charge is -2.16. The third-order valence-corrected chi connectivity index (χ3v) is 4.63. The molecular formula is C12H16N4O2S. The lowest BCUT2D eigenvalue weighted by atomic mass is 10.2. The summed E-state index contributed by atoms with van der Waals surface area (Å²) in [7, 11) is -1.69. The predicted octanol–water partition coefficient (Wildman–Crippen LogP) is 0.809. The fourth-order valence-electron chi connectivity index (χ4n) is 1.67. The van der Waals surface area contributed by atoms with Crippen molar-refractivity contribution in [3.63, 3.8) is 0 Å². The third-order valence-electron chi connectivity index (χ3n) is 2.83. The molecular weight excluding hydrogens is 264 g/mol. The summed E-state index contributed by atoms with van der Waals surface area (Å²) in [5, 5.41) is 6.46. The van der Waals surface area contributed by atoms with Crippen molar-refractivity contribution in [3.8, 4) is 0 Å². The topological polar surface area (TPSA) is 79.0 Å². The van der Waals surface area contributed by atoms with E-state index in [1.807, 2.05) is 12.1 Å². The Morgan fingerprint density at radius 2 is 2.00 bits per heavy atom. The van der Waals surface area contributed by atoms with Crippen LogP contribution in [0.3, 0.4) is 0 Å². The van der Waals surface area contributed by atoms with E-state index in [2.05, 4.69) is 15.2 Å². The lowest BCUT2D eigenvalue weighted by molar-refractivity contribution is 0.466. The predicted molar refractivity (Wildman–Crippen MR) is 71.8 cm³/mol. The molecule has 0 atom stereocenters. The number of hydrogen-bond donors (Lipinski definition) is 1. The van der Waals surface area contributed by atoms with Crippen LogP contribution in [0.15, 0.2) is 36.9 Å². The van der Waals surface area contributed by atoms with Gasteiger partial charge in [-0.05, 0) is 24.1 Å². The molecule has 2 aromatic heterocycles.